The van der Waals surface area contributed by atoms with Gasteiger partial charge in [0.25, 0.3) is 0 Å². The highest BCUT2D eigenvalue weighted by Crippen LogP contribution is 2.26. The fourth-order valence-corrected chi connectivity index (χ4v) is 1.78. The molecule has 2 aromatic carbocycles. The maximum absolute atomic E-state index is 11.7. The number of phenols is 2. The summed E-state index contributed by atoms with van der Waals surface area (Å²) in [6, 6.07) is 11.3. The van der Waals surface area contributed by atoms with Crippen LogP contribution >= 0.6 is 0 Å². The molecule has 0 radical (unpaired) electrons. The van der Waals surface area contributed by atoms with Crippen LogP contribution in [0.15, 0.2) is 42.5 Å². The molecule has 0 aromatic heterocycles. The second-order valence-electron chi connectivity index (χ2n) is 4.44. The van der Waals surface area contributed by atoms with Gasteiger partial charge in [0.2, 0.25) is 0 Å². The van der Waals surface area contributed by atoms with E-state index in [0.717, 1.165) is 17.2 Å². The van der Waals surface area contributed by atoms with Crippen molar-refractivity contribution in [2.45, 2.75) is 13.5 Å². The number of nitrogens with one attached hydrogen (secondary N) is 2. The first-order valence-electron chi connectivity index (χ1n) is 6.17. The highest BCUT2D eigenvalue weighted by atomic mass is 16.3. The van der Waals surface area contributed by atoms with E-state index in [1.54, 1.807) is 0 Å². The van der Waals surface area contributed by atoms with Crippen molar-refractivity contribution in [3.63, 3.8) is 0 Å². The fourth-order valence-electron chi connectivity index (χ4n) is 1.78. The molecule has 104 valence electrons. The molecule has 0 saturated carbocycles. The van der Waals surface area contributed by atoms with Gasteiger partial charge >= 0.3 is 6.03 Å². The van der Waals surface area contributed by atoms with Gasteiger partial charge in [0, 0.05) is 12.6 Å². The quantitative estimate of drug-likeness (QED) is 0.512. The van der Waals surface area contributed by atoms with Gasteiger partial charge < -0.3 is 20.8 Å². The number of urea groups is 1. The number of rotatable bonds is 3. The molecule has 20 heavy (non-hydrogen) atoms. The Morgan fingerprint density at radius 1 is 1.15 bits per heavy atom. The average Bonchev–Trinajstić information content (AvgIpc) is 2.41. The lowest BCUT2D eigenvalue weighted by atomic mass is 10.1. The third kappa shape index (κ3) is 3.41. The first kappa shape index (κ1) is 13.7. The van der Waals surface area contributed by atoms with Crippen LogP contribution in [0.4, 0.5) is 10.5 Å². The minimum absolute atomic E-state index is 0.0617. The van der Waals surface area contributed by atoms with E-state index in [4.69, 9.17) is 5.11 Å². The molecule has 0 aliphatic carbocycles. The van der Waals surface area contributed by atoms with Crippen molar-refractivity contribution in [2.75, 3.05) is 5.32 Å². The normalized spacial score (nSPS) is 10.1. The summed E-state index contributed by atoms with van der Waals surface area (Å²) in [6.07, 6.45) is 0. The van der Waals surface area contributed by atoms with Crippen molar-refractivity contribution >= 4 is 11.7 Å². The Morgan fingerprint density at radius 2 is 1.90 bits per heavy atom. The lowest BCUT2D eigenvalue weighted by Gasteiger charge is -2.10. The number of amides is 2. The van der Waals surface area contributed by atoms with Gasteiger partial charge in [-0.15, -0.1) is 0 Å². The first-order chi connectivity index (χ1) is 9.56. The number of benzene rings is 2. The molecule has 5 nitrogen and oxygen atoms in total. The second-order valence-corrected chi connectivity index (χ2v) is 4.44. The van der Waals surface area contributed by atoms with Gasteiger partial charge in [-0.25, -0.2) is 4.79 Å². The summed E-state index contributed by atoms with van der Waals surface area (Å²) in [5.74, 6) is -0.246. The summed E-state index contributed by atoms with van der Waals surface area (Å²) in [5, 5.41) is 24.0. The molecule has 2 amide bonds. The van der Waals surface area contributed by atoms with Gasteiger partial charge in [-0.2, -0.15) is 0 Å². The molecule has 0 saturated heterocycles. The van der Waals surface area contributed by atoms with E-state index in [1.165, 1.54) is 12.1 Å². The molecule has 0 atom stereocenters. The van der Waals surface area contributed by atoms with Crippen molar-refractivity contribution in [1.82, 2.24) is 5.32 Å². The number of hydrogen-bond donors (Lipinski definition) is 4. The summed E-state index contributed by atoms with van der Waals surface area (Å²) >= 11 is 0. The van der Waals surface area contributed by atoms with Crippen LogP contribution in [0.25, 0.3) is 0 Å². The predicted octanol–water partition coefficient (Wildman–Crippen LogP) is 2.73. The highest BCUT2D eigenvalue weighted by Gasteiger charge is 2.07. The summed E-state index contributed by atoms with van der Waals surface area (Å²) in [4.78, 5) is 11.7. The lowest BCUT2D eigenvalue weighted by molar-refractivity contribution is 0.251. The third-order valence-corrected chi connectivity index (χ3v) is 2.93. The Labute approximate surface area is 116 Å². The lowest BCUT2D eigenvalue weighted by Crippen LogP contribution is -2.28. The molecule has 4 N–H and O–H groups in total. The van der Waals surface area contributed by atoms with Crippen LogP contribution in [-0.2, 0) is 6.54 Å². The van der Waals surface area contributed by atoms with Crippen molar-refractivity contribution in [1.29, 1.82) is 0 Å². The topological polar surface area (TPSA) is 81.6 Å². The van der Waals surface area contributed by atoms with Crippen LogP contribution in [-0.4, -0.2) is 16.2 Å². The Balaban J connectivity index is 1.94. The van der Waals surface area contributed by atoms with E-state index in [-0.39, 0.29) is 17.2 Å². The SMILES string of the molecule is Cc1ccccc1CNC(=O)Nc1ccc(O)cc1O. The molecule has 2 rings (SSSR count). The van der Waals surface area contributed by atoms with E-state index in [2.05, 4.69) is 10.6 Å². The van der Waals surface area contributed by atoms with Crippen LogP contribution in [0.5, 0.6) is 11.5 Å². The Bertz CT molecular complexity index is 626. The van der Waals surface area contributed by atoms with E-state index in [0.29, 0.717) is 6.54 Å². The standard InChI is InChI=1S/C15H16N2O3/c1-10-4-2-3-5-11(10)9-16-15(20)17-13-7-6-12(18)8-14(13)19/h2-8,18-19H,9H2,1H3,(H2,16,17,20). The van der Waals surface area contributed by atoms with Crippen molar-refractivity contribution in [3.8, 4) is 11.5 Å². The number of anilines is 1. The molecule has 2 aromatic rings. The van der Waals surface area contributed by atoms with Gasteiger partial charge in [0.15, 0.2) is 0 Å². The van der Waals surface area contributed by atoms with E-state index < -0.39 is 6.03 Å². The number of carbonyl (C=O) groups is 1. The largest absolute Gasteiger partial charge is 0.508 e. The van der Waals surface area contributed by atoms with Crippen LogP contribution in [0.2, 0.25) is 0 Å². The molecular formula is C15H16N2O3. The summed E-state index contributed by atoms with van der Waals surface area (Å²) in [7, 11) is 0. The zero-order chi connectivity index (χ0) is 14.5. The molecule has 0 aliphatic heterocycles. The maximum atomic E-state index is 11.7. The van der Waals surface area contributed by atoms with Crippen LogP contribution in [0, 0.1) is 6.92 Å². The van der Waals surface area contributed by atoms with Gasteiger partial charge in [0.05, 0.1) is 5.69 Å². The van der Waals surface area contributed by atoms with Gasteiger partial charge in [0.1, 0.15) is 11.5 Å². The maximum Gasteiger partial charge on any atom is 0.319 e. The smallest absolute Gasteiger partial charge is 0.319 e. The number of aryl methyl sites for hydroxylation is 1. The fraction of sp³-hybridized carbons (Fsp3) is 0.133. The number of phenolic OH excluding ortho intramolecular Hbond substituents is 2. The Hall–Kier alpha value is -2.69. The molecule has 5 heteroatoms. The van der Waals surface area contributed by atoms with Crippen LogP contribution < -0.4 is 10.6 Å². The summed E-state index contributed by atoms with van der Waals surface area (Å²) < 4.78 is 0. The van der Waals surface area contributed by atoms with Crippen LogP contribution in [0.3, 0.4) is 0 Å². The van der Waals surface area contributed by atoms with Gasteiger partial charge in [-0.05, 0) is 30.2 Å². The molecule has 0 unspecified atom stereocenters. The molecule has 0 aliphatic rings. The Morgan fingerprint density at radius 3 is 2.60 bits per heavy atom. The Kier molecular flexibility index (Phi) is 4.10. The minimum Gasteiger partial charge on any atom is -0.508 e. The zero-order valence-corrected chi connectivity index (χ0v) is 11.1. The summed E-state index contributed by atoms with van der Waals surface area (Å²) in [5.41, 5.74) is 2.36. The van der Waals surface area contributed by atoms with E-state index in [9.17, 15) is 9.90 Å². The van der Waals surface area contributed by atoms with Crippen molar-refractivity contribution < 1.29 is 15.0 Å². The van der Waals surface area contributed by atoms with E-state index in [1.807, 2.05) is 31.2 Å². The van der Waals surface area contributed by atoms with Gasteiger partial charge in [-0.3, -0.25) is 0 Å². The predicted molar refractivity (Wildman–Crippen MR) is 76.8 cm³/mol. The molecular weight excluding hydrogens is 256 g/mol. The monoisotopic (exact) mass is 272 g/mol. The van der Waals surface area contributed by atoms with E-state index >= 15 is 0 Å². The summed E-state index contributed by atoms with van der Waals surface area (Å²) in [6.45, 7) is 2.37. The third-order valence-electron chi connectivity index (χ3n) is 2.93. The number of carbonyl (C=O) groups excluding carboxylic acids is 1. The molecule has 0 bridgehead atoms. The average molecular weight is 272 g/mol. The second kappa shape index (κ2) is 5.97. The molecule has 0 heterocycles. The zero-order valence-electron chi connectivity index (χ0n) is 11.1. The van der Waals surface area contributed by atoms with Gasteiger partial charge in [-0.1, -0.05) is 24.3 Å². The van der Waals surface area contributed by atoms with Crippen LogP contribution in [0.1, 0.15) is 11.1 Å². The first-order valence-corrected chi connectivity index (χ1v) is 6.17. The minimum atomic E-state index is -0.422. The number of hydrogen-bond acceptors (Lipinski definition) is 3. The molecule has 0 fully saturated rings. The number of aromatic hydroxyl groups is 2. The molecule has 0 spiro atoms. The van der Waals surface area contributed by atoms with Crippen molar-refractivity contribution in [2.24, 2.45) is 0 Å². The van der Waals surface area contributed by atoms with Crippen molar-refractivity contribution in [3.05, 3.63) is 53.6 Å². The highest BCUT2D eigenvalue weighted by molar-refractivity contribution is 5.90.